The largest absolute Gasteiger partial charge is 0.449 e. The van der Waals surface area contributed by atoms with Crippen LogP contribution in [0.5, 0.6) is 0 Å². The van der Waals surface area contributed by atoms with Gasteiger partial charge in [0.2, 0.25) is 5.89 Å². The number of aryl methyl sites for hydroxylation is 1. The molecule has 4 rings (SSSR count). The first-order valence-corrected chi connectivity index (χ1v) is 8.81. The van der Waals surface area contributed by atoms with E-state index in [2.05, 4.69) is 15.3 Å². The molecule has 7 nitrogen and oxygen atoms in total. The van der Waals surface area contributed by atoms with E-state index in [1.165, 1.54) is 0 Å². The fourth-order valence-corrected chi connectivity index (χ4v) is 2.66. The number of hydrogen-bond donors (Lipinski definition) is 0. The van der Waals surface area contributed by atoms with Gasteiger partial charge in [0.05, 0.1) is 11.3 Å². The summed E-state index contributed by atoms with van der Waals surface area (Å²) in [6, 6.07) is 16.6. The van der Waals surface area contributed by atoms with Crippen molar-refractivity contribution in [3.05, 3.63) is 84.0 Å². The molecule has 0 bridgehead atoms. The van der Waals surface area contributed by atoms with E-state index < -0.39 is 12.1 Å². The van der Waals surface area contributed by atoms with Crippen LogP contribution in [-0.4, -0.2) is 25.9 Å². The Kier molecular flexibility index (Phi) is 4.72. The lowest BCUT2D eigenvalue weighted by molar-refractivity contribution is 0.0280. The maximum atomic E-state index is 12.4. The summed E-state index contributed by atoms with van der Waals surface area (Å²) in [5, 5.41) is 12.2. The van der Waals surface area contributed by atoms with Crippen molar-refractivity contribution in [1.82, 2.24) is 20.0 Å². The Morgan fingerprint density at radius 3 is 2.50 bits per heavy atom. The van der Waals surface area contributed by atoms with E-state index in [1.54, 1.807) is 42.1 Å². The van der Waals surface area contributed by atoms with Crippen LogP contribution in [0.4, 0.5) is 0 Å². The van der Waals surface area contributed by atoms with Gasteiger partial charge < -0.3 is 9.15 Å². The van der Waals surface area contributed by atoms with Gasteiger partial charge in [0, 0.05) is 18.0 Å². The average molecular weight is 374 g/mol. The molecule has 28 heavy (non-hydrogen) atoms. The molecule has 2 heterocycles. The number of esters is 1. The molecule has 0 aliphatic rings. The maximum absolute atomic E-state index is 12.4. The summed E-state index contributed by atoms with van der Waals surface area (Å²) < 4.78 is 12.8. The van der Waals surface area contributed by atoms with E-state index in [0.717, 1.165) is 16.8 Å². The van der Waals surface area contributed by atoms with Crippen LogP contribution in [0.3, 0.4) is 0 Å². The molecule has 0 N–H and O–H groups in total. The third-order valence-corrected chi connectivity index (χ3v) is 4.24. The summed E-state index contributed by atoms with van der Waals surface area (Å²) >= 11 is 0. The number of carbonyl (C=O) groups is 1. The number of carbonyl (C=O) groups excluding carboxylic acids is 1. The van der Waals surface area contributed by atoms with Gasteiger partial charge in [-0.2, -0.15) is 5.10 Å². The van der Waals surface area contributed by atoms with Crippen LogP contribution in [0.2, 0.25) is 0 Å². The predicted molar refractivity (Wildman–Crippen MR) is 102 cm³/mol. The van der Waals surface area contributed by atoms with Crippen LogP contribution in [0.1, 0.15) is 34.8 Å². The van der Waals surface area contributed by atoms with E-state index in [-0.39, 0.29) is 5.89 Å². The molecule has 0 aliphatic carbocycles. The highest BCUT2D eigenvalue weighted by atomic mass is 16.6. The second-order valence-electron chi connectivity index (χ2n) is 6.36. The van der Waals surface area contributed by atoms with Crippen LogP contribution in [0, 0.1) is 6.92 Å². The van der Waals surface area contributed by atoms with Crippen LogP contribution < -0.4 is 0 Å². The number of hydrogen-bond acceptors (Lipinski definition) is 6. The Morgan fingerprint density at radius 2 is 1.82 bits per heavy atom. The van der Waals surface area contributed by atoms with Crippen molar-refractivity contribution in [3.63, 3.8) is 0 Å². The highest BCUT2D eigenvalue weighted by Crippen LogP contribution is 2.23. The predicted octanol–water partition coefficient (Wildman–Crippen LogP) is 4.15. The summed E-state index contributed by atoms with van der Waals surface area (Å²) in [6.45, 7) is 3.70. The Hall–Kier alpha value is -3.74. The molecule has 0 fully saturated rings. The van der Waals surface area contributed by atoms with Gasteiger partial charge in [-0.05, 0) is 56.3 Å². The van der Waals surface area contributed by atoms with Crippen molar-refractivity contribution in [1.29, 1.82) is 0 Å². The van der Waals surface area contributed by atoms with Crippen LogP contribution in [0.15, 0.2) is 71.4 Å². The molecule has 0 radical (unpaired) electrons. The number of nitrogens with zero attached hydrogens (tertiary/aromatic N) is 4. The zero-order valence-electron chi connectivity index (χ0n) is 15.4. The first-order chi connectivity index (χ1) is 13.6. The topological polar surface area (TPSA) is 83.0 Å². The SMILES string of the molecule is Cc1ccc(-c2nnc([C@H](C)OC(=O)c3ccc(-n4cccn4)cc3)o2)cc1. The first-order valence-electron chi connectivity index (χ1n) is 8.81. The van der Waals surface area contributed by atoms with Crippen molar-refractivity contribution < 1.29 is 13.9 Å². The standard InChI is InChI=1S/C21H18N4O3/c1-14-4-6-16(7-5-14)20-24-23-19(28-20)15(2)27-21(26)17-8-10-18(11-9-17)25-13-3-12-22-25/h3-13,15H,1-2H3/t15-/m0/s1. The third-order valence-electron chi connectivity index (χ3n) is 4.24. The van der Waals surface area contributed by atoms with Gasteiger partial charge >= 0.3 is 5.97 Å². The second kappa shape index (κ2) is 7.48. The minimum Gasteiger partial charge on any atom is -0.449 e. The van der Waals surface area contributed by atoms with E-state index >= 15 is 0 Å². The molecule has 2 aromatic heterocycles. The van der Waals surface area contributed by atoms with E-state index in [9.17, 15) is 4.79 Å². The Labute approximate surface area is 161 Å². The number of aromatic nitrogens is 4. The summed E-state index contributed by atoms with van der Waals surface area (Å²) in [7, 11) is 0. The molecule has 0 saturated carbocycles. The number of rotatable bonds is 5. The molecular formula is C21H18N4O3. The average Bonchev–Trinajstić information content (AvgIpc) is 3.41. The van der Waals surface area contributed by atoms with Gasteiger partial charge in [-0.1, -0.05) is 17.7 Å². The first kappa shape index (κ1) is 17.7. The highest BCUT2D eigenvalue weighted by Gasteiger charge is 2.20. The lowest BCUT2D eigenvalue weighted by Crippen LogP contribution is -2.09. The van der Waals surface area contributed by atoms with Crippen molar-refractivity contribution >= 4 is 5.97 Å². The van der Waals surface area contributed by atoms with Gasteiger partial charge in [-0.15, -0.1) is 10.2 Å². The maximum Gasteiger partial charge on any atom is 0.338 e. The molecule has 0 saturated heterocycles. The van der Waals surface area contributed by atoms with Gasteiger partial charge in [0.25, 0.3) is 5.89 Å². The van der Waals surface area contributed by atoms with Crippen LogP contribution in [0.25, 0.3) is 17.1 Å². The molecule has 0 amide bonds. The minimum absolute atomic E-state index is 0.247. The third kappa shape index (κ3) is 3.68. The Bertz CT molecular complexity index is 1070. The molecular weight excluding hydrogens is 356 g/mol. The summed E-state index contributed by atoms with van der Waals surface area (Å²) in [6.07, 6.45) is 2.86. The molecule has 7 heteroatoms. The quantitative estimate of drug-likeness (QED) is 0.488. The van der Waals surface area contributed by atoms with Crippen molar-refractivity contribution in [2.75, 3.05) is 0 Å². The molecule has 2 aromatic carbocycles. The van der Waals surface area contributed by atoms with Crippen molar-refractivity contribution in [3.8, 4) is 17.1 Å². The molecule has 0 unspecified atom stereocenters. The smallest absolute Gasteiger partial charge is 0.338 e. The van der Waals surface area contributed by atoms with Gasteiger partial charge in [-0.3, -0.25) is 0 Å². The minimum atomic E-state index is -0.662. The highest BCUT2D eigenvalue weighted by molar-refractivity contribution is 5.89. The van der Waals surface area contributed by atoms with Crippen molar-refractivity contribution in [2.24, 2.45) is 0 Å². The van der Waals surface area contributed by atoms with Gasteiger partial charge in [-0.25, -0.2) is 9.48 Å². The fourth-order valence-electron chi connectivity index (χ4n) is 2.66. The van der Waals surface area contributed by atoms with E-state index in [1.807, 2.05) is 43.5 Å². The lowest BCUT2D eigenvalue weighted by Gasteiger charge is -2.10. The lowest BCUT2D eigenvalue weighted by atomic mass is 10.1. The summed E-state index contributed by atoms with van der Waals surface area (Å²) in [5.74, 6) is 0.174. The van der Waals surface area contributed by atoms with E-state index in [4.69, 9.17) is 9.15 Å². The molecule has 0 aliphatic heterocycles. The Morgan fingerprint density at radius 1 is 1.07 bits per heavy atom. The normalized spacial score (nSPS) is 11.9. The second-order valence-corrected chi connectivity index (χ2v) is 6.36. The van der Waals surface area contributed by atoms with Gasteiger partial charge in [0.15, 0.2) is 6.10 Å². The summed E-state index contributed by atoms with van der Waals surface area (Å²) in [4.78, 5) is 12.4. The summed E-state index contributed by atoms with van der Waals surface area (Å²) in [5.41, 5.74) is 3.25. The molecule has 0 spiro atoms. The molecule has 140 valence electrons. The van der Waals surface area contributed by atoms with Crippen LogP contribution in [-0.2, 0) is 4.74 Å². The molecule has 4 aromatic rings. The van der Waals surface area contributed by atoms with E-state index in [0.29, 0.717) is 11.5 Å². The van der Waals surface area contributed by atoms with Gasteiger partial charge in [0.1, 0.15) is 0 Å². The number of benzene rings is 2. The molecule has 1 atom stereocenters. The zero-order valence-corrected chi connectivity index (χ0v) is 15.4. The van der Waals surface area contributed by atoms with Crippen LogP contribution >= 0.6 is 0 Å². The Balaban J connectivity index is 1.44. The fraction of sp³-hybridized carbons (Fsp3) is 0.143. The van der Waals surface area contributed by atoms with Crippen molar-refractivity contribution in [2.45, 2.75) is 20.0 Å². The zero-order chi connectivity index (χ0) is 19.5. The number of ether oxygens (including phenoxy) is 1. The monoisotopic (exact) mass is 374 g/mol.